The summed E-state index contributed by atoms with van der Waals surface area (Å²) in [6, 6.07) is 3.17. The minimum atomic E-state index is -5.58. The Balaban J connectivity index is 1.36. The number of carbonyl (C=O) groups excluding carboxylic acids is 5. The maximum absolute atomic E-state index is 15.1. The number of nitrogens with one attached hydrogen (secondary N) is 2. The number of hydrogen-bond donors (Lipinski definition) is 9. The van der Waals surface area contributed by atoms with Crippen LogP contribution in [0.1, 0.15) is 91.1 Å². The number of methoxy groups -OCH3 is 1. The third-order valence-corrected chi connectivity index (χ3v) is 18.8. The highest BCUT2D eigenvalue weighted by atomic mass is 31.2. The number of piperazine rings is 1. The summed E-state index contributed by atoms with van der Waals surface area (Å²) in [6.07, 6.45) is 0.252. The van der Waals surface area contributed by atoms with E-state index in [0.29, 0.717) is 24.7 Å². The van der Waals surface area contributed by atoms with E-state index in [9.17, 15) is 68.0 Å². The second-order valence-electron chi connectivity index (χ2n) is 22.3. The van der Waals surface area contributed by atoms with Crippen LogP contribution in [0.25, 0.3) is 33.3 Å². The average molecular weight is 1210 g/mol. The van der Waals surface area contributed by atoms with Gasteiger partial charge in [0.1, 0.15) is 46.4 Å². The Morgan fingerprint density at radius 3 is 2.15 bits per heavy atom. The van der Waals surface area contributed by atoms with Crippen LogP contribution in [0.2, 0.25) is 0 Å². The normalized spacial score (nSPS) is 26.5. The molecule has 0 radical (unpaired) electrons. The largest absolute Gasteiger partial charge is 0.507 e. The molecule has 2 aromatic rings. The zero-order valence-corrected chi connectivity index (χ0v) is 50.1. The SMILES string of the molecule is CO[C@H]1/C=C/O[C@@]2(C)Oc3c(C)c(O)c4c(=O)c(c5oc6cc(N7CCN(CC(C)C)CC7)cc(O)c6nc-5c4c3C2=O)NC(=O)/C(C)=C\C=C\[C@H](C)[C@H](OC(=O)CCC(=O)NC(P(=O)(O)O)P(=O)(O)O)[C@@H](C)[C@@H](O)[C@@H](C)[C@H](OC(C)=O)[C@@H]1C. The zero-order valence-electron chi connectivity index (χ0n) is 48.3. The number of amides is 2. The number of ketones is 1. The van der Waals surface area contributed by atoms with Crippen molar-refractivity contribution in [2.24, 2.45) is 29.6 Å². The van der Waals surface area contributed by atoms with Gasteiger partial charge >= 0.3 is 32.9 Å². The van der Waals surface area contributed by atoms with Gasteiger partial charge in [-0.1, -0.05) is 59.8 Å². The average Bonchev–Trinajstić information content (AvgIpc) is 1.36. The third-order valence-electron chi connectivity index (χ3n) is 15.5. The number of allylic oxidation sites excluding steroid dienone is 2. The van der Waals surface area contributed by atoms with Crippen molar-refractivity contribution in [3.63, 3.8) is 0 Å². The Labute approximate surface area is 483 Å². The summed E-state index contributed by atoms with van der Waals surface area (Å²) in [6.45, 7) is 19.5. The number of Topliss-reactive ketones (excluding diaryl/α,β-unsaturated/α-hetero) is 1. The molecule has 0 aromatic heterocycles. The number of carbonyl (C=O) groups is 5. The van der Waals surface area contributed by atoms with Crippen LogP contribution < -0.4 is 25.7 Å². The Kier molecular flexibility index (Phi) is 19.7. The highest BCUT2D eigenvalue weighted by Gasteiger charge is 2.51. The van der Waals surface area contributed by atoms with Crippen molar-refractivity contribution in [3.8, 4) is 28.7 Å². The first-order valence-corrected chi connectivity index (χ1v) is 30.6. The first-order valence-electron chi connectivity index (χ1n) is 27.2. The predicted molar refractivity (Wildman–Crippen MR) is 305 cm³/mol. The van der Waals surface area contributed by atoms with Gasteiger partial charge in [-0.05, 0) is 25.8 Å². The number of rotatable bonds is 12. The van der Waals surface area contributed by atoms with E-state index in [2.05, 4.69) is 29.0 Å². The van der Waals surface area contributed by atoms with E-state index in [1.54, 1.807) is 32.2 Å². The number of fused-ring (bicyclic) bond motifs is 2. The van der Waals surface area contributed by atoms with Gasteiger partial charge in [-0.2, -0.15) is 0 Å². The van der Waals surface area contributed by atoms with Gasteiger partial charge in [-0.3, -0.25) is 42.8 Å². The quantitative estimate of drug-likeness (QED) is 0.0365. The number of ether oxygens (including phenoxy) is 5. The van der Waals surface area contributed by atoms with Gasteiger partial charge in [-0.25, -0.2) is 4.98 Å². The molecule has 5 aliphatic rings. The molecule has 0 unspecified atom stereocenters. The molecule has 0 saturated carbocycles. The van der Waals surface area contributed by atoms with Gasteiger partial charge in [0.2, 0.25) is 16.9 Å². The summed E-state index contributed by atoms with van der Waals surface area (Å²) in [5, 5.41) is 39.4. The van der Waals surface area contributed by atoms with E-state index in [0.717, 1.165) is 32.8 Å². The first kappa shape index (κ1) is 64.8. The molecular weight excluding hydrogens is 1140 g/mol. The predicted octanol–water partition coefficient (Wildman–Crippen LogP) is 5.52. The van der Waals surface area contributed by atoms with Crippen molar-refractivity contribution in [1.82, 2.24) is 15.2 Å². The monoisotopic (exact) mass is 1210 g/mol. The lowest BCUT2D eigenvalue weighted by atomic mass is 9.78. The summed E-state index contributed by atoms with van der Waals surface area (Å²) in [7, 11) is -9.82. The van der Waals surface area contributed by atoms with E-state index in [1.165, 1.54) is 65.2 Å². The Hall–Kier alpha value is -6.73. The number of phenolic OH excluding ortho intramolecular Hbond substituents is 2. The minimum absolute atomic E-state index is 0.00105. The molecule has 1 fully saturated rings. The fourth-order valence-corrected chi connectivity index (χ4v) is 13.2. The minimum Gasteiger partial charge on any atom is -0.507 e. The molecule has 0 spiro atoms. The number of aromatic nitrogens is 1. The van der Waals surface area contributed by atoms with Crippen LogP contribution in [0.15, 0.2) is 57.5 Å². The lowest BCUT2D eigenvalue weighted by Gasteiger charge is -2.39. The number of benzene rings is 3. The van der Waals surface area contributed by atoms with Crippen molar-refractivity contribution in [3.05, 3.63) is 69.6 Å². The maximum atomic E-state index is 15.1. The second-order valence-corrected chi connectivity index (χ2v) is 26.1. The van der Waals surface area contributed by atoms with Crippen LogP contribution >= 0.6 is 15.2 Å². The first-order chi connectivity index (χ1) is 39.2. The molecule has 2 aromatic carbocycles. The maximum Gasteiger partial charge on any atom is 0.360 e. The van der Waals surface area contributed by atoms with Gasteiger partial charge in [0.25, 0.3) is 11.7 Å². The van der Waals surface area contributed by atoms with Crippen molar-refractivity contribution in [2.45, 2.75) is 118 Å². The highest BCUT2D eigenvalue weighted by Crippen LogP contribution is 2.58. The summed E-state index contributed by atoms with van der Waals surface area (Å²) < 4.78 is 60.0. The van der Waals surface area contributed by atoms with E-state index in [4.69, 9.17) is 33.1 Å². The van der Waals surface area contributed by atoms with Crippen molar-refractivity contribution in [2.75, 3.05) is 50.1 Å². The zero-order chi connectivity index (χ0) is 62.2. The number of aliphatic hydroxyl groups is 1. The van der Waals surface area contributed by atoms with Crippen molar-refractivity contribution in [1.29, 1.82) is 0 Å². The highest BCUT2D eigenvalue weighted by molar-refractivity contribution is 7.70. The summed E-state index contributed by atoms with van der Waals surface area (Å²) in [5.41, 5.74) is -4.39. The number of aromatic hydroxyl groups is 2. The van der Waals surface area contributed by atoms with Crippen LogP contribution in [0.4, 0.5) is 11.4 Å². The van der Waals surface area contributed by atoms with Gasteiger partial charge in [0.15, 0.2) is 11.3 Å². The fraction of sp³-hybridized carbons (Fsp3) is 0.518. The topological polar surface area (TPSA) is 381 Å². The molecule has 458 valence electrons. The molecule has 28 heteroatoms. The van der Waals surface area contributed by atoms with Crippen LogP contribution in [0.5, 0.6) is 17.2 Å². The van der Waals surface area contributed by atoms with Crippen molar-refractivity contribution < 1.29 is 96.1 Å². The lowest BCUT2D eigenvalue weighted by Crippen LogP contribution is -2.47. The second kappa shape index (κ2) is 25.5. The number of hydrogen-bond acceptors (Lipinski definition) is 20. The molecule has 2 amide bonds. The fourth-order valence-electron chi connectivity index (χ4n) is 11.0. The van der Waals surface area contributed by atoms with E-state index < -0.39 is 139 Å². The van der Waals surface area contributed by atoms with E-state index >= 15 is 4.79 Å². The Morgan fingerprint density at radius 2 is 1.55 bits per heavy atom. The van der Waals surface area contributed by atoms with Gasteiger partial charge in [0.05, 0.1) is 35.8 Å². The van der Waals surface area contributed by atoms with Gasteiger partial charge in [0, 0.05) is 118 Å². The molecule has 4 aliphatic heterocycles. The summed E-state index contributed by atoms with van der Waals surface area (Å²) in [4.78, 5) is 131. The molecule has 9 atom stereocenters. The number of esters is 2. The number of phenols is 2. The molecular formula is C56H73N5O21P2. The van der Waals surface area contributed by atoms with Crippen LogP contribution in [-0.4, -0.2) is 150 Å². The summed E-state index contributed by atoms with van der Waals surface area (Å²) >= 11 is 0. The smallest absolute Gasteiger partial charge is 0.360 e. The number of anilines is 2. The molecule has 9 N–H and O–H groups in total. The Morgan fingerprint density at radius 1 is 0.905 bits per heavy atom. The van der Waals surface area contributed by atoms with Gasteiger partial charge in [-0.15, -0.1) is 0 Å². The van der Waals surface area contributed by atoms with Crippen LogP contribution in [0.3, 0.4) is 0 Å². The van der Waals surface area contributed by atoms with Gasteiger partial charge < -0.3 is 78.5 Å². The van der Waals surface area contributed by atoms with Crippen LogP contribution in [0, 0.1) is 36.5 Å². The number of nitrogens with zero attached hydrogens (tertiary/aromatic N) is 3. The number of aliphatic hydroxyl groups excluding tert-OH is 1. The molecule has 26 nitrogen and oxygen atoms in total. The summed E-state index contributed by atoms with van der Waals surface area (Å²) in [5.74, 6) is -11.7. The van der Waals surface area contributed by atoms with Crippen LogP contribution in [-0.2, 0) is 47.3 Å². The molecule has 84 heavy (non-hydrogen) atoms. The molecule has 7 rings (SSSR count). The lowest BCUT2D eigenvalue weighted by molar-refractivity contribution is -0.165. The van der Waals surface area contributed by atoms with E-state index in [1.807, 2.05) is 0 Å². The molecule has 4 heterocycles. The van der Waals surface area contributed by atoms with Crippen molar-refractivity contribution >= 4 is 78.0 Å². The Bertz CT molecular complexity index is 3430. The third kappa shape index (κ3) is 13.7. The van der Waals surface area contributed by atoms with E-state index in [-0.39, 0.29) is 56.1 Å². The standard InChI is InChI=1S/C56H73N5O21P2/c1-26(2)25-60-18-20-61(21-19-60)34-23-35(63)43-37(24-34)80-52-44(58-43)40-41-47(67)32(8)51-42(40)53(69)56(10,82-51)78-22-17-36(77-11)29(5)50(79-33(9)62)31(7)46(66)30(6)49(27(3)13-12-14-28(4)54(70)59-45(52)48(41)68)81-39(65)16-15-38(64)57-55(83(71,72)73)84(74,75)76/h12-14,17,22-24,26-27,29-31,36,46,49-50,55,63,66-67H,15-16,18-21,25H2,1-11H3,(H,57,64)(H,59,70)(H2,71,72,73)(H2,74,75,76)/b13-12+,22-17+,28-14-/t27-,29+,30-,31+,36-,46+,49-,50+,56-/m0/s1. The molecule has 1 aliphatic carbocycles. The molecule has 1 saturated heterocycles. The molecule has 4 bridgehead atoms.